The Balaban J connectivity index is 1.50. The molecule has 3 aromatic rings. The van der Waals surface area contributed by atoms with E-state index < -0.39 is 0 Å². The summed E-state index contributed by atoms with van der Waals surface area (Å²) in [6.07, 6.45) is 2.62. The van der Waals surface area contributed by atoms with Crippen LogP contribution in [0, 0.1) is 0 Å². The zero-order valence-electron chi connectivity index (χ0n) is 16.8. The first-order valence-corrected chi connectivity index (χ1v) is 10.2. The maximum absolute atomic E-state index is 5.47. The predicted molar refractivity (Wildman–Crippen MR) is 115 cm³/mol. The second-order valence-corrected chi connectivity index (χ2v) is 7.15. The van der Waals surface area contributed by atoms with Gasteiger partial charge >= 0.3 is 0 Å². The lowest BCUT2D eigenvalue weighted by Gasteiger charge is -2.27. The summed E-state index contributed by atoms with van der Waals surface area (Å²) in [6.45, 7) is 7.38. The van der Waals surface area contributed by atoms with Crippen LogP contribution in [-0.4, -0.2) is 46.2 Å². The average molecular weight is 390 g/mol. The maximum Gasteiger partial charge on any atom is 0.180 e. The van der Waals surface area contributed by atoms with E-state index in [1.54, 1.807) is 6.20 Å². The van der Waals surface area contributed by atoms with Crippen LogP contribution in [0.1, 0.15) is 23.7 Å². The van der Waals surface area contributed by atoms with Gasteiger partial charge in [-0.3, -0.25) is 9.88 Å². The van der Waals surface area contributed by atoms with Gasteiger partial charge in [-0.15, -0.1) is 0 Å². The molecule has 1 saturated heterocycles. The van der Waals surface area contributed by atoms with Crippen LogP contribution in [0.3, 0.4) is 0 Å². The number of hydrogen-bond acceptors (Lipinski definition) is 6. The molecule has 150 valence electrons. The topological polar surface area (TPSA) is 63.2 Å². The summed E-state index contributed by atoms with van der Waals surface area (Å²) >= 11 is 0. The van der Waals surface area contributed by atoms with E-state index in [4.69, 9.17) is 9.72 Å². The fraction of sp³-hybridized carbons (Fsp3) is 0.348. The Bertz CT molecular complexity index is 926. The summed E-state index contributed by atoms with van der Waals surface area (Å²) in [7, 11) is 0. The molecular formula is C23H27N5O. The number of nitrogens with one attached hydrogen (secondary N) is 1. The van der Waals surface area contributed by atoms with E-state index in [-0.39, 0.29) is 0 Å². The molecule has 0 unspecified atom stereocenters. The number of ether oxygens (including phenoxy) is 1. The molecule has 3 heterocycles. The SMILES string of the molecule is CCc1cc(NCc2ccccc2CN2CCOCC2)nc(-c2ccccn2)n1. The molecule has 0 saturated carbocycles. The number of nitrogens with zero attached hydrogens (tertiary/aromatic N) is 4. The molecule has 2 aromatic heterocycles. The van der Waals surface area contributed by atoms with Crippen molar-refractivity contribution < 1.29 is 4.74 Å². The molecule has 0 spiro atoms. The van der Waals surface area contributed by atoms with Crippen molar-refractivity contribution in [1.82, 2.24) is 19.9 Å². The Morgan fingerprint density at radius 1 is 1.00 bits per heavy atom. The Morgan fingerprint density at radius 2 is 1.79 bits per heavy atom. The molecule has 0 aliphatic carbocycles. The van der Waals surface area contributed by atoms with Crippen molar-refractivity contribution in [2.24, 2.45) is 0 Å². The van der Waals surface area contributed by atoms with Crippen LogP contribution < -0.4 is 5.32 Å². The first-order chi connectivity index (χ1) is 14.3. The number of hydrogen-bond donors (Lipinski definition) is 1. The second-order valence-electron chi connectivity index (χ2n) is 7.15. The molecule has 6 nitrogen and oxygen atoms in total. The molecule has 0 amide bonds. The van der Waals surface area contributed by atoms with E-state index in [2.05, 4.69) is 51.4 Å². The minimum Gasteiger partial charge on any atom is -0.379 e. The standard InChI is InChI=1S/C23H27N5O/c1-2-20-15-22(27-23(26-20)21-9-5-6-10-24-21)25-16-18-7-3-4-8-19(18)17-28-11-13-29-14-12-28/h3-10,15H,2,11-14,16-17H2,1H3,(H,25,26,27). The summed E-state index contributed by atoms with van der Waals surface area (Å²) in [5, 5.41) is 3.50. The molecule has 0 atom stereocenters. The molecule has 1 fully saturated rings. The van der Waals surface area contributed by atoms with Crippen molar-refractivity contribution in [2.45, 2.75) is 26.4 Å². The predicted octanol–water partition coefficient (Wildman–Crippen LogP) is 3.55. The van der Waals surface area contributed by atoms with E-state index in [1.807, 2.05) is 24.3 Å². The lowest BCUT2D eigenvalue weighted by atomic mass is 10.1. The summed E-state index contributed by atoms with van der Waals surface area (Å²) in [5.41, 5.74) is 4.43. The fourth-order valence-corrected chi connectivity index (χ4v) is 3.45. The largest absolute Gasteiger partial charge is 0.379 e. The van der Waals surface area contributed by atoms with Crippen LogP contribution in [0.5, 0.6) is 0 Å². The number of pyridine rings is 1. The number of aryl methyl sites for hydroxylation is 1. The third-order valence-electron chi connectivity index (χ3n) is 5.11. The Hall–Kier alpha value is -2.83. The first kappa shape index (κ1) is 19.5. The van der Waals surface area contributed by atoms with Crippen LogP contribution in [0.2, 0.25) is 0 Å². The number of anilines is 1. The lowest BCUT2D eigenvalue weighted by molar-refractivity contribution is 0.0341. The summed E-state index contributed by atoms with van der Waals surface area (Å²) < 4.78 is 5.47. The van der Waals surface area contributed by atoms with E-state index in [0.717, 1.165) is 63.0 Å². The highest BCUT2D eigenvalue weighted by molar-refractivity contribution is 5.53. The van der Waals surface area contributed by atoms with Gasteiger partial charge in [0.25, 0.3) is 0 Å². The van der Waals surface area contributed by atoms with Gasteiger partial charge in [-0.25, -0.2) is 9.97 Å². The normalized spacial score (nSPS) is 14.7. The van der Waals surface area contributed by atoms with Gasteiger partial charge in [0, 0.05) is 44.1 Å². The van der Waals surface area contributed by atoms with Gasteiger partial charge < -0.3 is 10.1 Å². The van der Waals surface area contributed by atoms with Crippen molar-refractivity contribution >= 4 is 5.82 Å². The molecule has 1 aromatic carbocycles. The number of benzene rings is 1. The minimum absolute atomic E-state index is 0.661. The van der Waals surface area contributed by atoms with Crippen molar-refractivity contribution in [1.29, 1.82) is 0 Å². The zero-order chi connectivity index (χ0) is 19.9. The van der Waals surface area contributed by atoms with Gasteiger partial charge in [-0.05, 0) is 29.7 Å². The van der Waals surface area contributed by atoms with Crippen LogP contribution in [-0.2, 0) is 24.2 Å². The average Bonchev–Trinajstić information content (AvgIpc) is 2.79. The van der Waals surface area contributed by atoms with Crippen LogP contribution in [0.25, 0.3) is 11.5 Å². The van der Waals surface area contributed by atoms with Gasteiger partial charge in [0.1, 0.15) is 11.5 Å². The van der Waals surface area contributed by atoms with Gasteiger partial charge in [0.05, 0.1) is 13.2 Å². The van der Waals surface area contributed by atoms with Crippen LogP contribution in [0.4, 0.5) is 5.82 Å². The third-order valence-corrected chi connectivity index (χ3v) is 5.11. The van der Waals surface area contributed by atoms with E-state index in [1.165, 1.54) is 11.1 Å². The van der Waals surface area contributed by atoms with Gasteiger partial charge in [0.2, 0.25) is 0 Å². The molecule has 1 N–H and O–H groups in total. The Kier molecular flexibility index (Phi) is 6.44. The maximum atomic E-state index is 5.47. The first-order valence-electron chi connectivity index (χ1n) is 10.2. The molecule has 4 rings (SSSR count). The number of rotatable bonds is 7. The minimum atomic E-state index is 0.661. The quantitative estimate of drug-likeness (QED) is 0.667. The van der Waals surface area contributed by atoms with Gasteiger partial charge in [-0.2, -0.15) is 0 Å². The van der Waals surface area contributed by atoms with Crippen molar-refractivity contribution in [3.63, 3.8) is 0 Å². The van der Waals surface area contributed by atoms with Crippen molar-refractivity contribution in [3.8, 4) is 11.5 Å². The summed E-state index contributed by atoms with van der Waals surface area (Å²) in [5.74, 6) is 1.49. The molecular weight excluding hydrogens is 362 g/mol. The highest BCUT2D eigenvalue weighted by atomic mass is 16.5. The van der Waals surface area contributed by atoms with Crippen LogP contribution in [0.15, 0.2) is 54.7 Å². The number of aromatic nitrogens is 3. The fourth-order valence-electron chi connectivity index (χ4n) is 3.45. The highest BCUT2D eigenvalue weighted by Crippen LogP contribution is 2.18. The van der Waals surface area contributed by atoms with Gasteiger partial charge in [-0.1, -0.05) is 37.3 Å². The second kappa shape index (κ2) is 9.58. The molecule has 6 heteroatoms. The van der Waals surface area contributed by atoms with E-state index >= 15 is 0 Å². The number of morpholine rings is 1. The molecule has 0 bridgehead atoms. The molecule has 0 radical (unpaired) electrons. The smallest absolute Gasteiger partial charge is 0.180 e. The zero-order valence-corrected chi connectivity index (χ0v) is 16.8. The summed E-state index contributed by atoms with van der Waals surface area (Å²) in [6, 6.07) is 16.4. The van der Waals surface area contributed by atoms with Gasteiger partial charge in [0.15, 0.2) is 5.82 Å². The molecule has 1 aliphatic heterocycles. The van der Waals surface area contributed by atoms with E-state index in [0.29, 0.717) is 5.82 Å². The molecule has 1 aliphatic rings. The summed E-state index contributed by atoms with van der Waals surface area (Å²) in [4.78, 5) is 16.2. The lowest BCUT2D eigenvalue weighted by Crippen LogP contribution is -2.35. The molecule has 29 heavy (non-hydrogen) atoms. The monoisotopic (exact) mass is 389 g/mol. The van der Waals surface area contributed by atoms with Crippen molar-refractivity contribution in [3.05, 3.63) is 71.5 Å². The Morgan fingerprint density at radius 3 is 2.55 bits per heavy atom. The van der Waals surface area contributed by atoms with Crippen LogP contribution >= 0.6 is 0 Å². The third kappa shape index (κ3) is 5.16. The van der Waals surface area contributed by atoms with E-state index in [9.17, 15) is 0 Å². The highest BCUT2D eigenvalue weighted by Gasteiger charge is 2.13. The Labute approximate surface area is 172 Å². The van der Waals surface area contributed by atoms with Crippen molar-refractivity contribution in [2.75, 3.05) is 31.6 Å².